The van der Waals surface area contributed by atoms with Crippen LogP contribution >= 0.6 is 32.7 Å². The maximum atomic E-state index is 11.0. The van der Waals surface area contributed by atoms with Crippen molar-refractivity contribution >= 4 is 72.6 Å². The van der Waals surface area contributed by atoms with E-state index >= 15 is 0 Å². The zero-order valence-electron chi connectivity index (χ0n) is 14.5. The van der Waals surface area contributed by atoms with E-state index in [1.807, 2.05) is 24.3 Å². The number of nitrogens with one attached hydrogen (secondary N) is 1. The van der Waals surface area contributed by atoms with Crippen molar-refractivity contribution in [3.63, 3.8) is 0 Å². The predicted octanol–water partition coefficient (Wildman–Crippen LogP) is 4.10. The number of hydrogen-bond acceptors (Lipinski definition) is 7. The molecule has 0 aliphatic carbocycles. The zero-order valence-corrected chi connectivity index (χ0v) is 18.5. The van der Waals surface area contributed by atoms with Crippen molar-refractivity contribution in [2.24, 2.45) is 0 Å². The van der Waals surface area contributed by atoms with Crippen LogP contribution in [0.1, 0.15) is 12.6 Å². The van der Waals surface area contributed by atoms with E-state index in [1.165, 1.54) is 19.9 Å². The first kappa shape index (κ1) is 22.6. The van der Waals surface area contributed by atoms with Gasteiger partial charge in [-0.15, -0.1) is 0 Å². The number of thiazole rings is 1. The predicted molar refractivity (Wildman–Crippen MR) is 111 cm³/mol. The minimum absolute atomic E-state index is 0.0390. The summed E-state index contributed by atoms with van der Waals surface area (Å²) in [5, 5.41) is 4.48. The molecule has 3 rings (SSSR count). The van der Waals surface area contributed by atoms with Gasteiger partial charge >= 0.3 is 0 Å². The molecule has 0 fully saturated rings. The molecule has 0 aliphatic heterocycles. The average Bonchev–Trinajstić information content (AvgIpc) is 2.94. The van der Waals surface area contributed by atoms with Gasteiger partial charge in [0.15, 0.2) is 9.34 Å². The summed E-state index contributed by atoms with van der Waals surface area (Å²) in [6.45, 7) is 2.82. The summed E-state index contributed by atoms with van der Waals surface area (Å²) in [4.78, 5) is 14.6. The maximum absolute atomic E-state index is 11.0. The molecule has 0 radical (unpaired) electrons. The standard InChI is InChI=1S/C10H7ClO2S.C6H7ClN2O3S2/c11-14(12,13)10-6-5-8-3-1-2-4-9(8)7-10;1-3-5(14(7,11)12)13-6(8-3)9-4(2)10/h1-7H;1-2H3,(H,8,9,10). The van der Waals surface area contributed by atoms with Gasteiger partial charge in [-0.1, -0.05) is 41.7 Å². The van der Waals surface area contributed by atoms with Crippen molar-refractivity contribution in [3.8, 4) is 0 Å². The monoisotopic (exact) mass is 480 g/mol. The molecule has 1 amide bonds. The fraction of sp³-hybridized carbons (Fsp3) is 0.125. The van der Waals surface area contributed by atoms with Crippen LogP contribution < -0.4 is 5.32 Å². The quantitative estimate of drug-likeness (QED) is 0.564. The Morgan fingerprint density at radius 1 is 1.00 bits per heavy atom. The van der Waals surface area contributed by atoms with Crippen molar-refractivity contribution in [1.82, 2.24) is 4.98 Å². The lowest BCUT2D eigenvalue weighted by Crippen LogP contribution is -2.04. The Bertz CT molecular complexity index is 1240. The van der Waals surface area contributed by atoms with Crippen molar-refractivity contribution < 1.29 is 21.6 Å². The third-order valence-electron chi connectivity index (χ3n) is 3.26. The summed E-state index contributed by atoms with van der Waals surface area (Å²) >= 11 is 0.832. The highest BCUT2D eigenvalue weighted by atomic mass is 35.7. The molecule has 3 aromatic rings. The van der Waals surface area contributed by atoms with E-state index in [2.05, 4.69) is 10.3 Å². The van der Waals surface area contributed by atoms with E-state index < -0.39 is 18.1 Å². The highest BCUT2D eigenvalue weighted by Crippen LogP contribution is 2.29. The summed E-state index contributed by atoms with van der Waals surface area (Å²) in [6, 6.07) is 12.3. The number of hydrogen-bond donors (Lipinski definition) is 1. The van der Waals surface area contributed by atoms with Crippen LogP contribution in [0.15, 0.2) is 51.6 Å². The zero-order chi connectivity index (χ0) is 21.1. The molecular weight excluding hydrogens is 467 g/mol. The number of carbonyl (C=O) groups excluding carboxylic acids is 1. The summed E-state index contributed by atoms with van der Waals surface area (Å²) in [5.41, 5.74) is 0.286. The molecular formula is C16H14Cl2N2O5S3. The van der Waals surface area contributed by atoms with Crippen LogP contribution in [-0.4, -0.2) is 27.7 Å². The van der Waals surface area contributed by atoms with Gasteiger partial charge in [0, 0.05) is 28.3 Å². The van der Waals surface area contributed by atoms with E-state index in [0.717, 1.165) is 22.1 Å². The molecule has 7 nitrogen and oxygen atoms in total. The second-order valence-corrected chi connectivity index (χ2v) is 11.8. The number of benzene rings is 2. The van der Waals surface area contributed by atoms with Gasteiger partial charge in [-0.05, 0) is 29.8 Å². The Hall–Kier alpha value is -1.72. The Morgan fingerprint density at radius 3 is 2.11 bits per heavy atom. The van der Waals surface area contributed by atoms with Crippen LogP contribution in [0.5, 0.6) is 0 Å². The van der Waals surface area contributed by atoms with E-state index in [-0.39, 0.29) is 25.8 Å². The van der Waals surface area contributed by atoms with E-state index in [1.54, 1.807) is 12.1 Å². The van der Waals surface area contributed by atoms with Gasteiger partial charge in [-0.3, -0.25) is 4.79 Å². The fourth-order valence-electron chi connectivity index (χ4n) is 2.13. The molecule has 0 bridgehead atoms. The molecule has 150 valence electrons. The first-order valence-electron chi connectivity index (χ1n) is 7.51. The number of nitrogens with zero attached hydrogens (tertiary/aromatic N) is 1. The molecule has 0 spiro atoms. The number of carbonyl (C=O) groups is 1. The molecule has 1 aromatic heterocycles. The molecule has 0 saturated carbocycles. The SMILES string of the molecule is CC(=O)Nc1nc(C)c(S(=O)(=O)Cl)s1.O=S(=O)(Cl)c1ccc2ccccc2c1. The first-order valence-corrected chi connectivity index (χ1v) is 12.9. The molecule has 0 unspecified atom stereocenters. The number of halogens is 2. The number of amides is 1. The van der Waals surface area contributed by atoms with Gasteiger partial charge in [0.25, 0.3) is 18.1 Å². The van der Waals surface area contributed by atoms with Crippen molar-refractivity contribution in [1.29, 1.82) is 0 Å². The van der Waals surface area contributed by atoms with Crippen LogP contribution in [0.2, 0.25) is 0 Å². The Labute approximate surface area is 175 Å². The van der Waals surface area contributed by atoms with E-state index in [9.17, 15) is 21.6 Å². The molecule has 0 saturated heterocycles. The first-order chi connectivity index (χ1) is 12.9. The Morgan fingerprint density at radius 2 is 1.61 bits per heavy atom. The largest absolute Gasteiger partial charge is 0.302 e. The Kier molecular flexibility index (Phi) is 7.05. The highest BCUT2D eigenvalue weighted by molar-refractivity contribution is 8.15. The molecule has 1 N–H and O–H groups in total. The van der Waals surface area contributed by atoms with Crippen molar-refractivity contribution in [2.45, 2.75) is 23.0 Å². The molecule has 0 aliphatic rings. The minimum Gasteiger partial charge on any atom is -0.302 e. The van der Waals surface area contributed by atoms with E-state index in [4.69, 9.17) is 21.4 Å². The fourth-order valence-corrected chi connectivity index (χ4v) is 5.32. The normalized spacial score (nSPS) is 11.6. The van der Waals surface area contributed by atoms with Crippen LogP contribution in [-0.2, 0) is 22.9 Å². The lowest BCUT2D eigenvalue weighted by atomic mass is 10.1. The number of anilines is 1. The van der Waals surface area contributed by atoms with Gasteiger partial charge in [-0.25, -0.2) is 21.8 Å². The number of fused-ring (bicyclic) bond motifs is 1. The summed E-state index contributed by atoms with van der Waals surface area (Å²) in [5.74, 6) is -0.308. The summed E-state index contributed by atoms with van der Waals surface area (Å²) in [6.07, 6.45) is 0. The molecule has 0 atom stereocenters. The van der Waals surface area contributed by atoms with Crippen molar-refractivity contribution in [2.75, 3.05) is 5.32 Å². The van der Waals surface area contributed by atoms with Gasteiger partial charge in [0.2, 0.25) is 5.91 Å². The smallest absolute Gasteiger partial charge is 0.272 e. The second kappa shape index (κ2) is 8.75. The van der Waals surface area contributed by atoms with Crippen LogP contribution in [0.4, 0.5) is 5.13 Å². The third kappa shape index (κ3) is 6.14. The molecule has 28 heavy (non-hydrogen) atoms. The molecule has 12 heteroatoms. The number of aryl methyl sites for hydroxylation is 1. The third-order valence-corrected chi connectivity index (χ3v) is 7.86. The Balaban J connectivity index is 0.000000200. The van der Waals surface area contributed by atoms with E-state index in [0.29, 0.717) is 0 Å². The number of aromatic nitrogens is 1. The van der Waals surface area contributed by atoms with Crippen LogP contribution in [0.25, 0.3) is 10.8 Å². The highest BCUT2D eigenvalue weighted by Gasteiger charge is 2.19. The molecule has 2 aromatic carbocycles. The van der Waals surface area contributed by atoms with Gasteiger partial charge in [0.05, 0.1) is 10.6 Å². The maximum Gasteiger partial charge on any atom is 0.272 e. The minimum atomic E-state index is -3.77. The average molecular weight is 481 g/mol. The van der Waals surface area contributed by atoms with Gasteiger partial charge < -0.3 is 5.32 Å². The lowest BCUT2D eigenvalue weighted by Gasteiger charge is -1.99. The lowest BCUT2D eigenvalue weighted by molar-refractivity contribution is -0.114. The molecule has 1 heterocycles. The number of rotatable bonds is 3. The summed E-state index contributed by atoms with van der Waals surface area (Å²) < 4.78 is 44.0. The van der Waals surface area contributed by atoms with Gasteiger partial charge in [0.1, 0.15) is 0 Å². The van der Waals surface area contributed by atoms with Crippen LogP contribution in [0.3, 0.4) is 0 Å². The van der Waals surface area contributed by atoms with Crippen molar-refractivity contribution in [3.05, 3.63) is 48.2 Å². The van der Waals surface area contributed by atoms with Crippen LogP contribution in [0, 0.1) is 6.92 Å². The second-order valence-electron chi connectivity index (χ2n) is 5.46. The topological polar surface area (TPSA) is 110 Å². The van der Waals surface area contributed by atoms with Gasteiger partial charge in [-0.2, -0.15) is 0 Å². The summed E-state index contributed by atoms with van der Waals surface area (Å²) in [7, 11) is 2.98.